The molecule has 0 aliphatic heterocycles. The van der Waals surface area contributed by atoms with E-state index < -0.39 is 5.82 Å². The highest BCUT2D eigenvalue weighted by Gasteiger charge is 2.41. The van der Waals surface area contributed by atoms with Gasteiger partial charge in [0.1, 0.15) is 11.6 Å². The van der Waals surface area contributed by atoms with Crippen LogP contribution in [0, 0.1) is 23.1 Å². The lowest BCUT2D eigenvalue weighted by Crippen LogP contribution is -2.37. The number of likely N-dealkylation sites (N-methyl/N-ethyl adjacent to an activating group) is 1. The van der Waals surface area contributed by atoms with Crippen molar-refractivity contribution < 1.29 is 19.0 Å². The Balaban J connectivity index is 0.000000779. The summed E-state index contributed by atoms with van der Waals surface area (Å²) in [6.07, 6.45) is 16.3. The number of carbonyl (C=O) groups is 1. The number of ether oxygens (including phenoxy) is 1. The smallest absolute Gasteiger partial charge is 0.152 e. The highest BCUT2D eigenvalue weighted by Crippen LogP contribution is 2.53. The summed E-state index contributed by atoms with van der Waals surface area (Å²) in [5.74, 6) is 1.83. The quantitative estimate of drug-likeness (QED) is 0.174. The van der Waals surface area contributed by atoms with Gasteiger partial charge in [-0.1, -0.05) is 73.1 Å². The maximum atomic E-state index is 13.5. The Bertz CT molecular complexity index is 647. The SMILES string of the molecule is CCCC(CC)CC.CCCC1(CCC)CC(CCCOc2ccc(C=O)c(F)c2)C1.CNCCO. The third-order valence-corrected chi connectivity index (χ3v) is 7.34. The highest BCUT2D eigenvalue weighted by atomic mass is 19.1. The molecule has 1 aliphatic carbocycles. The zero-order valence-electron chi connectivity index (χ0n) is 24.2. The Morgan fingerprint density at radius 3 is 2.14 bits per heavy atom. The monoisotopic (exact) mass is 509 g/mol. The van der Waals surface area contributed by atoms with Crippen molar-refractivity contribution >= 4 is 6.29 Å². The first-order valence-corrected chi connectivity index (χ1v) is 14.5. The molecular formula is C31H56FNO3. The zero-order valence-corrected chi connectivity index (χ0v) is 24.2. The van der Waals surface area contributed by atoms with Crippen LogP contribution in [0.1, 0.15) is 122 Å². The van der Waals surface area contributed by atoms with Gasteiger partial charge in [0, 0.05) is 12.6 Å². The molecule has 4 nitrogen and oxygen atoms in total. The van der Waals surface area contributed by atoms with Gasteiger partial charge in [-0.3, -0.25) is 4.79 Å². The van der Waals surface area contributed by atoms with Crippen LogP contribution in [0.15, 0.2) is 18.2 Å². The molecule has 0 bridgehead atoms. The average Bonchev–Trinajstić information content (AvgIpc) is 2.85. The van der Waals surface area contributed by atoms with Crippen molar-refractivity contribution in [3.8, 4) is 5.75 Å². The lowest BCUT2D eigenvalue weighted by atomic mass is 9.57. The average molecular weight is 510 g/mol. The van der Waals surface area contributed by atoms with Crippen molar-refractivity contribution in [2.75, 3.05) is 26.8 Å². The fourth-order valence-corrected chi connectivity index (χ4v) is 5.44. The van der Waals surface area contributed by atoms with E-state index >= 15 is 0 Å². The molecular weight excluding hydrogens is 453 g/mol. The van der Waals surface area contributed by atoms with Crippen LogP contribution in [0.4, 0.5) is 4.39 Å². The van der Waals surface area contributed by atoms with Crippen LogP contribution in [0.2, 0.25) is 0 Å². The predicted octanol–water partition coefficient (Wildman–Crippen LogP) is 8.21. The van der Waals surface area contributed by atoms with Gasteiger partial charge in [0.05, 0.1) is 18.8 Å². The maximum Gasteiger partial charge on any atom is 0.152 e. The molecule has 2 N–H and O–H groups in total. The molecule has 210 valence electrons. The molecule has 0 radical (unpaired) electrons. The molecule has 0 heterocycles. The molecule has 5 heteroatoms. The Labute approximate surface area is 221 Å². The second-order valence-electron chi connectivity index (χ2n) is 10.4. The van der Waals surface area contributed by atoms with Crippen molar-refractivity contribution in [1.82, 2.24) is 5.32 Å². The third kappa shape index (κ3) is 14.3. The van der Waals surface area contributed by atoms with Gasteiger partial charge in [0.25, 0.3) is 0 Å². The van der Waals surface area contributed by atoms with E-state index in [2.05, 4.69) is 39.9 Å². The summed E-state index contributed by atoms with van der Waals surface area (Å²) in [6.45, 7) is 12.9. The highest BCUT2D eigenvalue weighted by molar-refractivity contribution is 5.75. The lowest BCUT2D eigenvalue weighted by Gasteiger charge is -2.48. The lowest BCUT2D eigenvalue weighted by molar-refractivity contribution is 0.0259. The van der Waals surface area contributed by atoms with Gasteiger partial charge < -0.3 is 15.2 Å². The molecule has 36 heavy (non-hydrogen) atoms. The van der Waals surface area contributed by atoms with E-state index in [9.17, 15) is 9.18 Å². The zero-order chi connectivity index (χ0) is 27.2. The maximum absolute atomic E-state index is 13.5. The summed E-state index contributed by atoms with van der Waals surface area (Å²) in [6, 6.07) is 4.41. The Morgan fingerprint density at radius 2 is 1.75 bits per heavy atom. The minimum atomic E-state index is -0.514. The molecule has 0 amide bonds. The molecule has 1 aromatic rings. The van der Waals surface area contributed by atoms with Crippen molar-refractivity contribution in [2.24, 2.45) is 17.3 Å². The first kappa shape index (κ1) is 34.5. The van der Waals surface area contributed by atoms with E-state index in [0.29, 0.717) is 30.6 Å². The third-order valence-electron chi connectivity index (χ3n) is 7.34. The number of carbonyl (C=O) groups excluding carboxylic acids is 1. The van der Waals surface area contributed by atoms with Crippen LogP contribution >= 0.6 is 0 Å². The van der Waals surface area contributed by atoms with Crippen LogP contribution in [0.3, 0.4) is 0 Å². The van der Waals surface area contributed by atoms with Gasteiger partial charge in [0.2, 0.25) is 0 Å². The summed E-state index contributed by atoms with van der Waals surface area (Å²) in [4.78, 5) is 10.6. The van der Waals surface area contributed by atoms with Crippen LogP contribution < -0.4 is 10.1 Å². The normalized spacial score (nSPS) is 14.2. The number of aliphatic hydroxyl groups is 1. The van der Waals surface area contributed by atoms with E-state index in [4.69, 9.17) is 9.84 Å². The van der Waals surface area contributed by atoms with Crippen molar-refractivity contribution in [1.29, 1.82) is 0 Å². The van der Waals surface area contributed by atoms with Crippen LogP contribution in [-0.4, -0.2) is 38.2 Å². The van der Waals surface area contributed by atoms with Gasteiger partial charge >= 0.3 is 0 Å². The topological polar surface area (TPSA) is 58.6 Å². The Hall–Kier alpha value is -1.46. The minimum Gasteiger partial charge on any atom is -0.493 e. The van der Waals surface area contributed by atoms with Gasteiger partial charge in [0.15, 0.2) is 6.29 Å². The summed E-state index contributed by atoms with van der Waals surface area (Å²) in [5, 5.41) is 10.8. The van der Waals surface area contributed by atoms with Gasteiger partial charge in [-0.15, -0.1) is 0 Å². The van der Waals surface area contributed by atoms with Crippen molar-refractivity contribution in [3.63, 3.8) is 0 Å². The van der Waals surface area contributed by atoms with Crippen LogP contribution in [-0.2, 0) is 0 Å². The van der Waals surface area contributed by atoms with Crippen molar-refractivity contribution in [3.05, 3.63) is 29.6 Å². The van der Waals surface area contributed by atoms with Crippen LogP contribution in [0.25, 0.3) is 0 Å². The number of aldehydes is 1. The second-order valence-corrected chi connectivity index (χ2v) is 10.4. The van der Waals surface area contributed by atoms with Gasteiger partial charge in [-0.2, -0.15) is 0 Å². The standard InChI is InChI=1S/C20H29FO2.C8H18.C3H9NO/c1-3-9-20(10-4-2)13-16(14-20)6-5-11-23-18-8-7-17(15-22)19(21)12-18;1-4-7-8(5-2)6-3;1-4-2-3-5/h7-8,12,15-16H,3-6,9-11,13-14H2,1-2H3;8H,4-7H2,1-3H3;4-5H,2-3H2,1H3. The second kappa shape index (κ2) is 21.6. The molecule has 2 rings (SSSR count). The summed E-state index contributed by atoms with van der Waals surface area (Å²) < 4.78 is 19.1. The summed E-state index contributed by atoms with van der Waals surface area (Å²) >= 11 is 0. The molecule has 0 spiro atoms. The molecule has 0 saturated heterocycles. The first-order chi connectivity index (χ1) is 17.4. The molecule has 0 unspecified atom stereocenters. The molecule has 1 aromatic carbocycles. The predicted molar refractivity (Wildman–Crippen MR) is 151 cm³/mol. The molecule has 0 atom stereocenters. The van der Waals surface area contributed by atoms with E-state index in [1.54, 1.807) is 13.1 Å². The number of nitrogens with one attached hydrogen (secondary N) is 1. The summed E-state index contributed by atoms with van der Waals surface area (Å²) in [7, 11) is 1.80. The van der Waals surface area contributed by atoms with E-state index in [0.717, 1.165) is 18.3 Å². The Morgan fingerprint density at radius 1 is 1.11 bits per heavy atom. The van der Waals surface area contributed by atoms with Gasteiger partial charge in [-0.25, -0.2) is 4.39 Å². The number of aliphatic hydroxyl groups excluding tert-OH is 1. The van der Waals surface area contributed by atoms with Gasteiger partial charge in [-0.05, 0) is 75.0 Å². The largest absolute Gasteiger partial charge is 0.493 e. The van der Waals surface area contributed by atoms with E-state index in [1.165, 1.54) is 82.8 Å². The van der Waals surface area contributed by atoms with Crippen molar-refractivity contribution in [2.45, 2.75) is 112 Å². The fraction of sp³-hybridized carbons (Fsp3) is 0.774. The summed E-state index contributed by atoms with van der Waals surface area (Å²) in [5.41, 5.74) is 0.707. The molecule has 0 aromatic heterocycles. The number of rotatable bonds is 16. The number of benzene rings is 1. The van der Waals surface area contributed by atoms with Crippen LogP contribution in [0.5, 0.6) is 5.75 Å². The molecule has 1 aliphatic rings. The van der Waals surface area contributed by atoms with E-state index in [1.807, 2.05) is 0 Å². The Kier molecular flexibility index (Phi) is 20.7. The number of hydrogen-bond donors (Lipinski definition) is 2. The molecule has 1 fully saturated rings. The minimum absolute atomic E-state index is 0.0787. The number of hydrogen-bond acceptors (Lipinski definition) is 4. The molecule has 1 saturated carbocycles. The fourth-order valence-electron chi connectivity index (χ4n) is 5.44. The number of halogens is 1. The first-order valence-electron chi connectivity index (χ1n) is 14.5. The van der Waals surface area contributed by atoms with E-state index in [-0.39, 0.29) is 12.2 Å².